The molecule has 1 rings (SSSR count). The second kappa shape index (κ2) is 8.37. The second-order valence-corrected chi connectivity index (χ2v) is 4.31. The number of carbonyl (C=O) groups excluding carboxylic acids is 1. The summed E-state index contributed by atoms with van der Waals surface area (Å²) in [6, 6.07) is 5.60. The van der Waals surface area contributed by atoms with Gasteiger partial charge in [0.05, 0.1) is 0 Å². The molecule has 0 radical (unpaired) electrons. The number of rotatable bonds is 7. The maximum absolute atomic E-state index is 11.4. The fraction of sp³-hybridized carbons (Fsp3) is 0.500. The number of urea groups is 1. The van der Waals surface area contributed by atoms with Gasteiger partial charge in [-0.3, -0.25) is 0 Å². The number of methoxy groups -OCH3 is 1. The van der Waals surface area contributed by atoms with E-state index < -0.39 is 0 Å². The van der Waals surface area contributed by atoms with Crippen LogP contribution in [0, 0.1) is 13.8 Å². The van der Waals surface area contributed by atoms with Gasteiger partial charge in [0.2, 0.25) is 0 Å². The van der Waals surface area contributed by atoms with Crippen LogP contribution in [0.4, 0.5) is 4.79 Å². The SMILES string of the molecule is COCCCNC(=O)NCOc1ccc(C)c(C)c1. The highest BCUT2D eigenvalue weighted by atomic mass is 16.5. The van der Waals surface area contributed by atoms with Crippen LogP contribution in [0.1, 0.15) is 17.5 Å². The van der Waals surface area contributed by atoms with Gasteiger partial charge < -0.3 is 20.1 Å². The van der Waals surface area contributed by atoms with Crippen molar-refractivity contribution in [2.45, 2.75) is 20.3 Å². The molecule has 0 aliphatic carbocycles. The van der Waals surface area contributed by atoms with Crippen molar-refractivity contribution in [3.63, 3.8) is 0 Å². The van der Waals surface area contributed by atoms with Crippen molar-refractivity contribution in [1.29, 1.82) is 0 Å². The van der Waals surface area contributed by atoms with Crippen molar-refractivity contribution < 1.29 is 14.3 Å². The van der Waals surface area contributed by atoms with E-state index in [1.807, 2.05) is 32.0 Å². The molecule has 0 aromatic heterocycles. The lowest BCUT2D eigenvalue weighted by Crippen LogP contribution is -2.38. The Morgan fingerprint density at radius 2 is 2.00 bits per heavy atom. The third-order valence-corrected chi connectivity index (χ3v) is 2.76. The molecule has 0 spiro atoms. The normalized spacial score (nSPS) is 10.1. The van der Waals surface area contributed by atoms with Crippen molar-refractivity contribution in [1.82, 2.24) is 10.6 Å². The molecule has 19 heavy (non-hydrogen) atoms. The van der Waals surface area contributed by atoms with E-state index in [2.05, 4.69) is 10.6 Å². The molecule has 0 saturated heterocycles. The van der Waals surface area contributed by atoms with E-state index in [4.69, 9.17) is 9.47 Å². The molecule has 0 saturated carbocycles. The minimum absolute atomic E-state index is 0.151. The summed E-state index contributed by atoms with van der Waals surface area (Å²) in [5.74, 6) is 0.753. The Balaban J connectivity index is 2.18. The van der Waals surface area contributed by atoms with Gasteiger partial charge in [0.15, 0.2) is 6.73 Å². The Labute approximate surface area is 114 Å². The van der Waals surface area contributed by atoms with Gasteiger partial charge in [-0.25, -0.2) is 4.79 Å². The van der Waals surface area contributed by atoms with E-state index in [-0.39, 0.29) is 12.8 Å². The summed E-state index contributed by atoms with van der Waals surface area (Å²) in [4.78, 5) is 11.4. The molecular formula is C14H22N2O3. The topological polar surface area (TPSA) is 59.6 Å². The molecule has 106 valence electrons. The van der Waals surface area contributed by atoms with Gasteiger partial charge >= 0.3 is 6.03 Å². The monoisotopic (exact) mass is 266 g/mol. The fourth-order valence-electron chi connectivity index (χ4n) is 1.47. The average Bonchev–Trinajstić information content (AvgIpc) is 2.39. The van der Waals surface area contributed by atoms with E-state index in [1.54, 1.807) is 7.11 Å². The summed E-state index contributed by atoms with van der Waals surface area (Å²) in [7, 11) is 1.64. The molecule has 0 atom stereocenters. The lowest BCUT2D eigenvalue weighted by Gasteiger charge is -2.10. The molecular weight excluding hydrogens is 244 g/mol. The molecule has 1 aromatic rings. The number of benzene rings is 1. The fourth-order valence-corrected chi connectivity index (χ4v) is 1.47. The van der Waals surface area contributed by atoms with Gasteiger partial charge in [0, 0.05) is 20.3 Å². The zero-order chi connectivity index (χ0) is 14.1. The van der Waals surface area contributed by atoms with Gasteiger partial charge in [-0.15, -0.1) is 0 Å². The first kappa shape index (κ1) is 15.3. The maximum Gasteiger partial charge on any atom is 0.317 e. The molecule has 2 N–H and O–H groups in total. The first-order chi connectivity index (χ1) is 9.13. The maximum atomic E-state index is 11.4. The van der Waals surface area contributed by atoms with E-state index in [1.165, 1.54) is 11.1 Å². The number of nitrogens with one attached hydrogen (secondary N) is 2. The van der Waals surface area contributed by atoms with Crippen LogP contribution < -0.4 is 15.4 Å². The Morgan fingerprint density at radius 1 is 1.21 bits per heavy atom. The molecule has 5 heteroatoms. The number of carbonyl (C=O) groups is 1. The molecule has 0 aliphatic heterocycles. The number of amides is 2. The zero-order valence-corrected chi connectivity index (χ0v) is 11.8. The average molecular weight is 266 g/mol. The zero-order valence-electron chi connectivity index (χ0n) is 11.8. The van der Waals surface area contributed by atoms with Crippen molar-refractivity contribution in [3.05, 3.63) is 29.3 Å². The van der Waals surface area contributed by atoms with Gasteiger partial charge in [-0.05, 0) is 43.5 Å². The number of ether oxygens (including phenoxy) is 2. The van der Waals surface area contributed by atoms with Crippen LogP contribution >= 0.6 is 0 Å². The largest absolute Gasteiger partial charge is 0.473 e. The minimum atomic E-state index is -0.236. The molecule has 0 unspecified atom stereocenters. The van der Waals surface area contributed by atoms with Crippen molar-refractivity contribution in [2.24, 2.45) is 0 Å². The van der Waals surface area contributed by atoms with Gasteiger partial charge in [0.25, 0.3) is 0 Å². The van der Waals surface area contributed by atoms with E-state index in [0.29, 0.717) is 13.2 Å². The lowest BCUT2D eigenvalue weighted by molar-refractivity contribution is 0.192. The van der Waals surface area contributed by atoms with Crippen LogP contribution in [-0.4, -0.2) is 33.0 Å². The summed E-state index contributed by atoms with van der Waals surface area (Å²) in [6.45, 7) is 5.45. The molecule has 2 amide bonds. The number of hydrogen-bond donors (Lipinski definition) is 2. The van der Waals surface area contributed by atoms with Crippen molar-refractivity contribution in [3.8, 4) is 5.75 Å². The van der Waals surface area contributed by atoms with Crippen LogP contribution in [0.2, 0.25) is 0 Å². The van der Waals surface area contributed by atoms with Crippen LogP contribution in [0.5, 0.6) is 5.75 Å². The number of hydrogen-bond acceptors (Lipinski definition) is 3. The second-order valence-electron chi connectivity index (χ2n) is 4.31. The summed E-state index contributed by atoms with van der Waals surface area (Å²) >= 11 is 0. The highest BCUT2D eigenvalue weighted by Gasteiger charge is 2.00. The van der Waals surface area contributed by atoms with E-state index in [0.717, 1.165) is 12.2 Å². The third kappa shape index (κ3) is 6.10. The quantitative estimate of drug-likeness (QED) is 0.586. The molecule has 0 heterocycles. The Bertz CT molecular complexity index is 408. The summed E-state index contributed by atoms with van der Waals surface area (Å²) < 4.78 is 10.3. The van der Waals surface area contributed by atoms with Crippen LogP contribution in [0.3, 0.4) is 0 Å². The summed E-state index contributed by atoms with van der Waals surface area (Å²) in [6.07, 6.45) is 0.794. The van der Waals surface area contributed by atoms with Gasteiger partial charge in [0.1, 0.15) is 5.75 Å². The summed E-state index contributed by atoms with van der Waals surface area (Å²) in [5.41, 5.74) is 2.39. The van der Waals surface area contributed by atoms with Crippen LogP contribution in [0.15, 0.2) is 18.2 Å². The smallest absolute Gasteiger partial charge is 0.317 e. The molecule has 0 aliphatic rings. The summed E-state index contributed by atoms with van der Waals surface area (Å²) in [5, 5.41) is 5.34. The van der Waals surface area contributed by atoms with Crippen LogP contribution in [0.25, 0.3) is 0 Å². The highest BCUT2D eigenvalue weighted by molar-refractivity contribution is 5.73. The van der Waals surface area contributed by atoms with Gasteiger partial charge in [-0.1, -0.05) is 6.07 Å². The first-order valence-corrected chi connectivity index (χ1v) is 6.34. The Kier molecular flexibility index (Phi) is 6.74. The van der Waals surface area contributed by atoms with E-state index in [9.17, 15) is 4.79 Å². The minimum Gasteiger partial charge on any atom is -0.473 e. The number of aryl methyl sites for hydroxylation is 2. The van der Waals surface area contributed by atoms with Crippen LogP contribution in [-0.2, 0) is 4.74 Å². The standard InChI is InChI=1S/C14H22N2O3/c1-11-5-6-13(9-12(11)2)19-10-16-14(17)15-7-4-8-18-3/h5-6,9H,4,7-8,10H2,1-3H3,(H2,15,16,17). The van der Waals surface area contributed by atoms with Crippen molar-refractivity contribution >= 4 is 6.03 Å². The Morgan fingerprint density at radius 3 is 2.68 bits per heavy atom. The Hall–Kier alpha value is -1.75. The predicted molar refractivity (Wildman–Crippen MR) is 74.4 cm³/mol. The molecule has 0 bridgehead atoms. The highest BCUT2D eigenvalue weighted by Crippen LogP contribution is 2.15. The van der Waals surface area contributed by atoms with E-state index >= 15 is 0 Å². The third-order valence-electron chi connectivity index (χ3n) is 2.76. The van der Waals surface area contributed by atoms with Crippen molar-refractivity contribution in [2.75, 3.05) is 27.0 Å². The first-order valence-electron chi connectivity index (χ1n) is 6.34. The lowest BCUT2D eigenvalue weighted by atomic mass is 10.1. The predicted octanol–water partition coefficient (Wildman–Crippen LogP) is 1.98. The molecule has 5 nitrogen and oxygen atoms in total. The molecule has 1 aromatic carbocycles. The van der Waals surface area contributed by atoms with Gasteiger partial charge in [-0.2, -0.15) is 0 Å². The molecule has 0 fully saturated rings.